The van der Waals surface area contributed by atoms with Crippen molar-refractivity contribution in [3.8, 4) is 0 Å². The highest BCUT2D eigenvalue weighted by atomic mass is 16.5. The highest BCUT2D eigenvalue weighted by molar-refractivity contribution is 6.00. The Morgan fingerprint density at radius 2 is 1.81 bits per heavy atom. The molecule has 0 radical (unpaired) electrons. The molecule has 5 heteroatoms. The Hall–Kier alpha value is -2.66. The van der Waals surface area contributed by atoms with E-state index in [2.05, 4.69) is 11.4 Å². The molecule has 26 heavy (non-hydrogen) atoms. The van der Waals surface area contributed by atoms with E-state index in [0.717, 1.165) is 42.6 Å². The van der Waals surface area contributed by atoms with Crippen LogP contribution in [0.15, 0.2) is 48.5 Å². The molecule has 1 fully saturated rings. The molecule has 2 aromatic rings. The molecule has 2 aliphatic heterocycles. The van der Waals surface area contributed by atoms with Gasteiger partial charge in [-0.1, -0.05) is 30.3 Å². The number of amides is 1. The summed E-state index contributed by atoms with van der Waals surface area (Å²) < 4.78 is 4.75. The van der Waals surface area contributed by atoms with Gasteiger partial charge in [0, 0.05) is 12.1 Å². The molecule has 0 atom stereocenters. The Bertz CT molecular complexity index is 839. The fraction of sp³-hybridized carbons (Fsp3) is 0.333. The Balaban J connectivity index is 1.67. The van der Waals surface area contributed by atoms with Crippen molar-refractivity contribution in [1.29, 1.82) is 0 Å². The van der Waals surface area contributed by atoms with Crippen LogP contribution in [0.4, 0.5) is 0 Å². The summed E-state index contributed by atoms with van der Waals surface area (Å²) in [6.45, 7) is 2.34. The molecule has 2 heterocycles. The third-order valence-electron chi connectivity index (χ3n) is 5.57. The van der Waals surface area contributed by atoms with Gasteiger partial charge >= 0.3 is 5.97 Å². The lowest BCUT2D eigenvalue weighted by Gasteiger charge is -2.42. The minimum Gasteiger partial charge on any atom is -0.465 e. The number of hydrogen-bond donors (Lipinski definition) is 1. The number of esters is 1. The molecule has 0 saturated carbocycles. The molecule has 1 saturated heterocycles. The molecule has 5 nitrogen and oxygen atoms in total. The van der Waals surface area contributed by atoms with Crippen LogP contribution in [0.1, 0.15) is 44.7 Å². The Labute approximate surface area is 153 Å². The maximum absolute atomic E-state index is 13.1. The molecular weight excluding hydrogens is 328 g/mol. The number of carbonyl (C=O) groups excluding carboxylic acids is 2. The third-order valence-corrected chi connectivity index (χ3v) is 5.57. The van der Waals surface area contributed by atoms with E-state index in [9.17, 15) is 9.59 Å². The first-order valence-electron chi connectivity index (χ1n) is 8.95. The van der Waals surface area contributed by atoms with Gasteiger partial charge in [-0.25, -0.2) is 4.79 Å². The van der Waals surface area contributed by atoms with Gasteiger partial charge in [-0.15, -0.1) is 0 Å². The number of nitrogens with one attached hydrogen (secondary N) is 1. The first kappa shape index (κ1) is 16.8. The lowest BCUT2D eigenvalue weighted by atomic mass is 9.81. The topological polar surface area (TPSA) is 58.6 Å². The smallest absolute Gasteiger partial charge is 0.337 e. The van der Waals surface area contributed by atoms with Gasteiger partial charge in [0.15, 0.2) is 0 Å². The fourth-order valence-electron chi connectivity index (χ4n) is 4.21. The Morgan fingerprint density at radius 3 is 2.50 bits per heavy atom. The summed E-state index contributed by atoms with van der Waals surface area (Å²) in [5.41, 5.74) is 3.26. The second kappa shape index (κ2) is 6.57. The van der Waals surface area contributed by atoms with Crippen LogP contribution in [0.3, 0.4) is 0 Å². The maximum Gasteiger partial charge on any atom is 0.337 e. The van der Waals surface area contributed by atoms with Gasteiger partial charge in [0.1, 0.15) is 0 Å². The van der Waals surface area contributed by atoms with Crippen molar-refractivity contribution in [2.24, 2.45) is 0 Å². The number of fused-ring (bicyclic) bond motifs is 2. The number of ether oxygens (including phenoxy) is 1. The molecule has 0 aliphatic carbocycles. The summed E-state index contributed by atoms with van der Waals surface area (Å²) in [6.07, 6.45) is 1.83. The van der Waals surface area contributed by atoms with E-state index in [1.807, 2.05) is 35.2 Å². The molecule has 0 unspecified atom stereocenters. The lowest BCUT2D eigenvalue weighted by molar-refractivity contribution is 0.0412. The number of rotatable bonds is 3. The first-order chi connectivity index (χ1) is 12.7. The standard InChI is InChI=1S/C21H22N2O3/c1-26-20(25)16-8-6-15(7-9-16)14-23-19(24)17-4-2-3-5-18(17)21(23)10-12-22-13-11-21/h2-9,22H,10-14H2,1H3. The van der Waals surface area contributed by atoms with Crippen molar-refractivity contribution in [3.63, 3.8) is 0 Å². The molecule has 0 aromatic heterocycles. The zero-order valence-corrected chi connectivity index (χ0v) is 14.8. The van der Waals surface area contributed by atoms with Crippen LogP contribution in [0.5, 0.6) is 0 Å². The molecule has 0 bridgehead atoms. The van der Waals surface area contributed by atoms with Gasteiger partial charge in [-0.3, -0.25) is 4.79 Å². The predicted octanol–water partition coefficient (Wildman–Crippen LogP) is 2.71. The number of hydrogen-bond acceptors (Lipinski definition) is 4. The van der Waals surface area contributed by atoms with Crippen molar-refractivity contribution in [2.45, 2.75) is 24.9 Å². The summed E-state index contributed by atoms with van der Waals surface area (Å²) in [6, 6.07) is 15.3. The van der Waals surface area contributed by atoms with Crippen LogP contribution in [0.2, 0.25) is 0 Å². The van der Waals surface area contributed by atoms with E-state index in [1.165, 1.54) is 7.11 Å². The second-order valence-corrected chi connectivity index (χ2v) is 6.91. The summed E-state index contributed by atoms with van der Waals surface area (Å²) in [4.78, 5) is 26.8. The van der Waals surface area contributed by atoms with E-state index in [-0.39, 0.29) is 17.4 Å². The van der Waals surface area contributed by atoms with Crippen LogP contribution >= 0.6 is 0 Å². The molecule has 2 aliphatic rings. The molecular formula is C21H22N2O3. The number of benzene rings is 2. The van der Waals surface area contributed by atoms with Crippen LogP contribution in [0, 0.1) is 0 Å². The average molecular weight is 350 g/mol. The summed E-state index contributed by atoms with van der Waals surface area (Å²) in [5, 5.41) is 3.40. The number of carbonyl (C=O) groups is 2. The van der Waals surface area contributed by atoms with Crippen molar-refractivity contribution < 1.29 is 14.3 Å². The lowest BCUT2D eigenvalue weighted by Crippen LogP contribution is -2.49. The minimum absolute atomic E-state index is 0.0968. The van der Waals surface area contributed by atoms with E-state index in [4.69, 9.17) is 4.74 Å². The van der Waals surface area contributed by atoms with E-state index in [1.54, 1.807) is 12.1 Å². The van der Waals surface area contributed by atoms with Crippen LogP contribution in [-0.4, -0.2) is 37.0 Å². The van der Waals surface area contributed by atoms with Gasteiger partial charge in [-0.2, -0.15) is 0 Å². The van der Waals surface area contributed by atoms with E-state index in [0.29, 0.717) is 12.1 Å². The first-order valence-corrected chi connectivity index (χ1v) is 8.95. The quantitative estimate of drug-likeness (QED) is 0.865. The molecule has 1 amide bonds. The van der Waals surface area contributed by atoms with Gasteiger partial charge in [0.25, 0.3) is 5.91 Å². The second-order valence-electron chi connectivity index (χ2n) is 6.91. The molecule has 1 spiro atoms. The van der Waals surface area contributed by atoms with Crippen LogP contribution < -0.4 is 5.32 Å². The van der Waals surface area contributed by atoms with Gasteiger partial charge in [-0.05, 0) is 55.3 Å². The van der Waals surface area contributed by atoms with Gasteiger partial charge in [0.2, 0.25) is 0 Å². The summed E-state index contributed by atoms with van der Waals surface area (Å²) >= 11 is 0. The van der Waals surface area contributed by atoms with Crippen molar-refractivity contribution in [2.75, 3.05) is 20.2 Å². The Morgan fingerprint density at radius 1 is 1.12 bits per heavy atom. The van der Waals surface area contributed by atoms with E-state index >= 15 is 0 Å². The summed E-state index contributed by atoms with van der Waals surface area (Å²) in [7, 11) is 1.37. The van der Waals surface area contributed by atoms with E-state index < -0.39 is 0 Å². The number of methoxy groups -OCH3 is 1. The largest absolute Gasteiger partial charge is 0.465 e. The fourth-order valence-corrected chi connectivity index (χ4v) is 4.21. The van der Waals surface area contributed by atoms with Gasteiger partial charge < -0.3 is 15.0 Å². The SMILES string of the molecule is COC(=O)c1ccc(CN2C(=O)c3ccccc3C23CCNCC3)cc1. The normalized spacial score (nSPS) is 18.0. The third kappa shape index (κ3) is 2.59. The predicted molar refractivity (Wildman–Crippen MR) is 97.9 cm³/mol. The van der Waals surface area contributed by atoms with Crippen molar-refractivity contribution in [1.82, 2.24) is 10.2 Å². The van der Waals surface area contributed by atoms with Crippen molar-refractivity contribution in [3.05, 3.63) is 70.8 Å². The van der Waals surface area contributed by atoms with Crippen LogP contribution in [-0.2, 0) is 16.8 Å². The molecule has 1 N–H and O–H groups in total. The highest BCUT2D eigenvalue weighted by Gasteiger charge is 2.49. The zero-order valence-electron chi connectivity index (χ0n) is 14.8. The zero-order chi connectivity index (χ0) is 18.1. The minimum atomic E-state index is -0.351. The number of piperidine rings is 1. The maximum atomic E-state index is 13.1. The van der Waals surface area contributed by atoms with Gasteiger partial charge in [0.05, 0.1) is 18.2 Å². The molecule has 134 valence electrons. The van der Waals surface area contributed by atoms with Crippen molar-refractivity contribution >= 4 is 11.9 Å². The number of nitrogens with zero attached hydrogens (tertiary/aromatic N) is 1. The highest BCUT2D eigenvalue weighted by Crippen LogP contribution is 2.45. The Kier molecular flexibility index (Phi) is 4.24. The summed E-state index contributed by atoms with van der Waals surface area (Å²) in [5.74, 6) is -0.254. The average Bonchev–Trinajstić information content (AvgIpc) is 2.92. The van der Waals surface area contributed by atoms with Crippen LogP contribution in [0.25, 0.3) is 0 Å². The molecule has 4 rings (SSSR count). The molecule has 2 aromatic carbocycles. The monoisotopic (exact) mass is 350 g/mol.